The van der Waals surface area contributed by atoms with Crippen LogP contribution >= 0.6 is 0 Å². The van der Waals surface area contributed by atoms with Crippen molar-refractivity contribution in [3.63, 3.8) is 0 Å². The van der Waals surface area contributed by atoms with Gasteiger partial charge in [0, 0.05) is 13.1 Å². The lowest BCUT2D eigenvalue weighted by atomic mass is 10.1. The van der Waals surface area contributed by atoms with E-state index in [0.717, 1.165) is 5.56 Å². The minimum Gasteiger partial charge on any atom is -0.324 e. The number of amides is 2. The lowest BCUT2D eigenvalue weighted by Gasteiger charge is -2.21. The van der Waals surface area contributed by atoms with Crippen molar-refractivity contribution < 1.29 is 18.0 Å². The van der Waals surface area contributed by atoms with Crippen LogP contribution in [-0.4, -0.2) is 31.1 Å². The van der Waals surface area contributed by atoms with E-state index in [1.165, 1.54) is 29.4 Å². The zero-order valence-corrected chi connectivity index (χ0v) is 15.9. The summed E-state index contributed by atoms with van der Waals surface area (Å²) < 4.78 is 27.5. The third-order valence-corrected chi connectivity index (χ3v) is 6.40. The Morgan fingerprint density at radius 1 is 0.963 bits per heavy atom. The highest BCUT2D eigenvalue weighted by Gasteiger charge is 2.29. The summed E-state index contributed by atoms with van der Waals surface area (Å²) in [6.07, 6.45) is 0. The number of fused-ring (bicyclic) bond motifs is 1. The summed E-state index contributed by atoms with van der Waals surface area (Å²) in [6, 6.07) is 13.6. The van der Waals surface area contributed by atoms with E-state index in [9.17, 15) is 18.0 Å². The number of hydrogen-bond acceptors (Lipinski definition) is 4. The second-order valence-corrected chi connectivity index (χ2v) is 8.26. The van der Waals surface area contributed by atoms with Crippen LogP contribution in [-0.2, 0) is 26.2 Å². The number of rotatable bonds is 5. The fraction of sp³-hybridized carbons (Fsp3) is 0.263. The molecule has 0 bridgehead atoms. The Morgan fingerprint density at radius 2 is 1.59 bits per heavy atom. The van der Waals surface area contributed by atoms with Gasteiger partial charge in [0.15, 0.2) is 0 Å². The zero-order valence-electron chi connectivity index (χ0n) is 15.1. The lowest BCUT2D eigenvalue weighted by molar-refractivity contribution is -0.128. The highest BCUT2D eigenvalue weighted by molar-refractivity contribution is 7.89. The maximum atomic E-state index is 13.1. The Morgan fingerprint density at radius 3 is 2.22 bits per heavy atom. The molecule has 0 fully saturated rings. The van der Waals surface area contributed by atoms with Gasteiger partial charge in [-0.1, -0.05) is 37.3 Å². The van der Waals surface area contributed by atoms with Crippen molar-refractivity contribution >= 4 is 33.2 Å². The second kappa shape index (κ2) is 7.50. The fourth-order valence-electron chi connectivity index (χ4n) is 2.80. The Kier molecular flexibility index (Phi) is 5.29. The molecule has 1 unspecified atom stereocenters. The van der Waals surface area contributed by atoms with Crippen LogP contribution in [0.15, 0.2) is 53.4 Å². The number of sulfonamides is 1. The first kappa shape index (κ1) is 19.1. The summed E-state index contributed by atoms with van der Waals surface area (Å²) >= 11 is 0. The van der Waals surface area contributed by atoms with E-state index < -0.39 is 27.8 Å². The van der Waals surface area contributed by atoms with E-state index >= 15 is 0 Å². The fourth-order valence-corrected chi connectivity index (χ4v) is 4.26. The first-order valence-corrected chi connectivity index (χ1v) is 10.1. The Balaban J connectivity index is 1.94. The van der Waals surface area contributed by atoms with Crippen molar-refractivity contribution in [3.8, 4) is 0 Å². The van der Waals surface area contributed by atoms with E-state index in [1.54, 1.807) is 6.92 Å². The average molecular weight is 387 g/mol. The van der Waals surface area contributed by atoms with Gasteiger partial charge in [-0.2, -0.15) is 4.31 Å². The standard InChI is InChI=1S/C19H21N3O4S/c1-3-22(12-14-7-5-4-6-8-14)27(25,26)15-9-10-16-17(11-15)21-19(24)13(2)18(23)20-16/h4-11,13H,3,12H2,1-2H3,(H,20,23)(H,21,24). The van der Waals surface area contributed by atoms with Gasteiger partial charge in [-0.15, -0.1) is 0 Å². The minimum absolute atomic E-state index is 0.0585. The predicted octanol–water partition coefficient (Wildman–Crippen LogP) is 2.42. The van der Waals surface area contributed by atoms with Gasteiger partial charge >= 0.3 is 0 Å². The molecule has 8 heteroatoms. The van der Waals surface area contributed by atoms with Gasteiger partial charge in [-0.05, 0) is 30.7 Å². The van der Waals surface area contributed by atoms with Crippen LogP contribution in [0.3, 0.4) is 0 Å². The largest absolute Gasteiger partial charge is 0.324 e. The Bertz CT molecular complexity index is 974. The molecule has 7 nitrogen and oxygen atoms in total. The Labute approximate surface area is 158 Å². The van der Waals surface area contributed by atoms with Crippen LogP contribution in [0.1, 0.15) is 19.4 Å². The maximum absolute atomic E-state index is 13.1. The molecule has 2 N–H and O–H groups in total. The number of anilines is 2. The molecular formula is C19H21N3O4S. The molecule has 142 valence electrons. The molecule has 1 aliphatic heterocycles. The van der Waals surface area contributed by atoms with Gasteiger partial charge in [0.1, 0.15) is 5.92 Å². The summed E-state index contributed by atoms with van der Waals surface area (Å²) in [5.41, 5.74) is 1.53. The molecule has 1 aliphatic rings. The molecule has 1 atom stereocenters. The number of hydrogen-bond donors (Lipinski definition) is 2. The number of carbonyl (C=O) groups excluding carboxylic acids is 2. The normalized spacial score (nSPS) is 17.1. The topological polar surface area (TPSA) is 95.6 Å². The van der Waals surface area contributed by atoms with Crippen LogP contribution < -0.4 is 10.6 Å². The van der Waals surface area contributed by atoms with Crippen molar-refractivity contribution in [2.24, 2.45) is 5.92 Å². The summed E-state index contributed by atoms with van der Waals surface area (Å²) in [7, 11) is -3.77. The van der Waals surface area contributed by atoms with Crippen molar-refractivity contribution in [1.29, 1.82) is 0 Å². The van der Waals surface area contributed by atoms with Gasteiger partial charge in [0.05, 0.1) is 16.3 Å². The molecule has 0 aliphatic carbocycles. The molecule has 0 spiro atoms. The van der Waals surface area contributed by atoms with E-state index in [2.05, 4.69) is 10.6 Å². The molecule has 0 aromatic heterocycles. The molecule has 2 aromatic rings. The smallest absolute Gasteiger partial charge is 0.243 e. The first-order valence-electron chi connectivity index (χ1n) is 8.62. The number of carbonyl (C=O) groups is 2. The highest BCUT2D eigenvalue weighted by Crippen LogP contribution is 2.30. The number of nitrogens with one attached hydrogen (secondary N) is 2. The molecular weight excluding hydrogens is 366 g/mol. The van der Waals surface area contributed by atoms with E-state index in [0.29, 0.717) is 12.2 Å². The Hall–Kier alpha value is -2.71. The summed E-state index contributed by atoms with van der Waals surface area (Å²) in [5, 5.41) is 5.25. The molecule has 0 saturated carbocycles. The summed E-state index contributed by atoms with van der Waals surface area (Å²) in [4.78, 5) is 24.0. The highest BCUT2D eigenvalue weighted by atomic mass is 32.2. The van der Waals surface area contributed by atoms with Crippen LogP contribution in [0, 0.1) is 5.92 Å². The first-order chi connectivity index (χ1) is 12.8. The molecule has 2 aromatic carbocycles. The molecule has 1 heterocycles. The third-order valence-electron chi connectivity index (χ3n) is 4.49. The van der Waals surface area contributed by atoms with Crippen molar-refractivity contribution in [3.05, 3.63) is 54.1 Å². The quantitative estimate of drug-likeness (QED) is 0.770. The summed E-state index contributed by atoms with van der Waals surface area (Å²) in [6.45, 7) is 3.81. The molecule has 0 radical (unpaired) electrons. The van der Waals surface area contributed by atoms with Crippen molar-refractivity contribution in [1.82, 2.24) is 4.31 Å². The molecule has 3 rings (SSSR count). The van der Waals surface area contributed by atoms with Gasteiger partial charge < -0.3 is 10.6 Å². The van der Waals surface area contributed by atoms with Crippen LogP contribution in [0.25, 0.3) is 0 Å². The molecule has 0 saturated heterocycles. The van der Waals surface area contributed by atoms with E-state index in [4.69, 9.17) is 0 Å². The second-order valence-electron chi connectivity index (χ2n) is 6.32. The predicted molar refractivity (Wildman–Crippen MR) is 103 cm³/mol. The van der Waals surface area contributed by atoms with Crippen molar-refractivity contribution in [2.45, 2.75) is 25.3 Å². The number of nitrogens with zero attached hydrogens (tertiary/aromatic N) is 1. The van der Waals surface area contributed by atoms with E-state index in [1.807, 2.05) is 30.3 Å². The van der Waals surface area contributed by atoms with Crippen LogP contribution in [0.2, 0.25) is 0 Å². The van der Waals surface area contributed by atoms with E-state index in [-0.39, 0.29) is 17.1 Å². The number of benzene rings is 2. The monoisotopic (exact) mass is 387 g/mol. The average Bonchev–Trinajstić information content (AvgIpc) is 2.76. The molecule has 27 heavy (non-hydrogen) atoms. The van der Waals surface area contributed by atoms with Crippen molar-refractivity contribution in [2.75, 3.05) is 17.2 Å². The maximum Gasteiger partial charge on any atom is 0.243 e. The minimum atomic E-state index is -3.77. The lowest BCUT2D eigenvalue weighted by Crippen LogP contribution is -2.30. The van der Waals surface area contributed by atoms with Gasteiger partial charge in [0.2, 0.25) is 21.8 Å². The van der Waals surface area contributed by atoms with Crippen LogP contribution in [0.5, 0.6) is 0 Å². The van der Waals surface area contributed by atoms with Gasteiger partial charge in [-0.3, -0.25) is 9.59 Å². The van der Waals surface area contributed by atoms with Crippen LogP contribution in [0.4, 0.5) is 11.4 Å². The molecule has 2 amide bonds. The zero-order chi connectivity index (χ0) is 19.6. The van der Waals surface area contributed by atoms with Gasteiger partial charge in [0.25, 0.3) is 0 Å². The third kappa shape index (κ3) is 3.86. The summed E-state index contributed by atoms with van der Waals surface area (Å²) in [5.74, 6) is -1.76. The van der Waals surface area contributed by atoms with Gasteiger partial charge in [-0.25, -0.2) is 8.42 Å². The SMILES string of the molecule is CCN(Cc1ccccc1)S(=O)(=O)c1ccc2c(c1)NC(=O)C(C)C(=O)N2.